The summed E-state index contributed by atoms with van der Waals surface area (Å²) >= 11 is 37.0. The van der Waals surface area contributed by atoms with Crippen LogP contribution in [0.1, 0.15) is 0 Å². The zero-order valence-electron chi connectivity index (χ0n) is 6.95. The Kier molecular flexibility index (Phi) is 7.12. The van der Waals surface area contributed by atoms with Gasteiger partial charge in [0.2, 0.25) is 4.84 Å². The van der Waals surface area contributed by atoms with Crippen LogP contribution in [0.2, 0.25) is 0 Å². The fourth-order valence-corrected chi connectivity index (χ4v) is 1.45. The number of esters is 1. The van der Waals surface area contributed by atoms with Crippen LogP contribution in [0.25, 0.3) is 0 Å². The summed E-state index contributed by atoms with van der Waals surface area (Å²) in [5.41, 5.74) is 0. The first-order valence-corrected chi connectivity index (χ1v) is 6.00. The van der Waals surface area contributed by atoms with E-state index in [1.54, 1.807) is 0 Å². The molecular formula is C6HCl7O3. The molecule has 0 aromatic rings. The third-order valence-electron chi connectivity index (χ3n) is 1.08. The largest absolute Gasteiger partial charge is 0.423 e. The number of carbonyl (C=O) groups is 2. The molecule has 0 bridgehead atoms. The number of allylic oxidation sites excluding steroid dienone is 1. The van der Waals surface area contributed by atoms with Crippen molar-refractivity contribution in [3.8, 4) is 0 Å². The number of hydrogen-bond donors (Lipinski definition) is 0. The van der Waals surface area contributed by atoms with Gasteiger partial charge in [-0.3, -0.25) is 4.79 Å². The Bertz CT molecular complexity index is 331. The van der Waals surface area contributed by atoms with Crippen molar-refractivity contribution in [1.29, 1.82) is 0 Å². The van der Waals surface area contributed by atoms with E-state index in [1.807, 2.05) is 0 Å². The zero-order chi connectivity index (χ0) is 13.1. The lowest BCUT2D eigenvalue weighted by Gasteiger charge is -2.18. The van der Waals surface area contributed by atoms with Crippen molar-refractivity contribution in [2.75, 3.05) is 0 Å². The maximum absolute atomic E-state index is 11.0. The molecule has 0 aliphatic carbocycles. The van der Waals surface area contributed by atoms with E-state index in [4.69, 9.17) is 81.2 Å². The normalized spacial score (nSPS) is 11.2. The molecule has 10 heteroatoms. The number of rotatable bonds is 4. The smallest absolute Gasteiger partial charge is 0.344 e. The fourth-order valence-electron chi connectivity index (χ4n) is 0.456. The maximum atomic E-state index is 11.0. The van der Waals surface area contributed by atoms with Gasteiger partial charge in [-0.2, -0.15) is 0 Å². The molecule has 92 valence electrons. The number of ether oxygens (including phenoxy) is 1. The van der Waals surface area contributed by atoms with Gasteiger partial charge in [0.15, 0.2) is 5.76 Å². The van der Waals surface area contributed by atoms with Crippen LogP contribution in [0, 0.1) is 0 Å². The van der Waals surface area contributed by atoms with Crippen molar-refractivity contribution in [1.82, 2.24) is 0 Å². The summed E-state index contributed by atoms with van der Waals surface area (Å²) in [4.78, 5) is 20.3. The quantitative estimate of drug-likeness (QED) is 0.327. The van der Waals surface area contributed by atoms with Gasteiger partial charge in [-0.1, -0.05) is 69.6 Å². The van der Waals surface area contributed by atoms with Gasteiger partial charge in [-0.25, -0.2) is 4.79 Å². The second-order valence-electron chi connectivity index (χ2n) is 2.16. The van der Waals surface area contributed by atoms with Crippen molar-refractivity contribution >= 4 is 92.4 Å². The molecule has 0 unspecified atom stereocenters. The predicted molar refractivity (Wildman–Crippen MR) is 65.6 cm³/mol. The van der Waals surface area contributed by atoms with Gasteiger partial charge in [0.05, 0.1) is 0 Å². The highest BCUT2D eigenvalue weighted by Gasteiger charge is 2.42. The molecule has 0 heterocycles. The van der Waals surface area contributed by atoms with Gasteiger partial charge in [0.25, 0.3) is 9.58 Å². The first kappa shape index (κ1) is 16.9. The van der Waals surface area contributed by atoms with Gasteiger partial charge < -0.3 is 4.74 Å². The van der Waals surface area contributed by atoms with Gasteiger partial charge >= 0.3 is 5.97 Å². The number of halogens is 7. The van der Waals surface area contributed by atoms with E-state index in [-0.39, 0.29) is 0 Å². The minimum absolute atomic E-state index is 0.665. The van der Waals surface area contributed by atoms with E-state index in [1.165, 1.54) is 0 Å². The summed E-state index contributed by atoms with van der Waals surface area (Å²) in [5.74, 6) is -1.93. The van der Waals surface area contributed by atoms with Crippen LogP contribution in [-0.2, 0) is 14.3 Å². The second-order valence-corrected chi connectivity index (χ2v) is 5.88. The van der Waals surface area contributed by atoms with E-state index in [0.717, 1.165) is 0 Å². The Morgan fingerprint density at radius 1 is 1.06 bits per heavy atom. The second kappa shape index (κ2) is 6.74. The predicted octanol–water partition coefficient (Wildman–Crippen LogP) is 3.92. The van der Waals surface area contributed by atoms with Gasteiger partial charge in [-0.05, 0) is 11.6 Å². The molecule has 0 rings (SSSR count). The lowest BCUT2D eigenvalue weighted by Crippen LogP contribution is -2.29. The summed E-state index contributed by atoms with van der Waals surface area (Å²) in [5, 5.41) is -1.27. The van der Waals surface area contributed by atoms with Crippen LogP contribution < -0.4 is 0 Å². The van der Waals surface area contributed by atoms with E-state index in [0.29, 0.717) is 0 Å². The van der Waals surface area contributed by atoms with Crippen LogP contribution in [0.4, 0.5) is 0 Å². The molecule has 3 nitrogen and oxygen atoms in total. The summed E-state index contributed by atoms with van der Waals surface area (Å²) in [6.45, 7) is 0. The minimum Gasteiger partial charge on any atom is -0.423 e. The Balaban J connectivity index is 5.16. The van der Waals surface area contributed by atoms with Gasteiger partial charge in [-0.15, -0.1) is 0 Å². The van der Waals surface area contributed by atoms with Crippen LogP contribution >= 0.6 is 81.2 Å². The van der Waals surface area contributed by atoms with Crippen LogP contribution in [0.3, 0.4) is 0 Å². The highest BCUT2D eigenvalue weighted by molar-refractivity contribution is 6.80. The van der Waals surface area contributed by atoms with Gasteiger partial charge in [0, 0.05) is 0 Å². The Hall–Kier alpha value is 0.910. The lowest BCUT2D eigenvalue weighted by atomic mass is 10.4. The molecule has 0 atom stereocenters. The van der Waals surface area contributed by atoms with Crippen molar-refractivity contribution < 1.29 is 14.3 Å². The molecule has 0 aliphatic rings. The number of alkyl halides is 4. The molecule has 0 aromatic carbocycles. The average Bonchev–Trinajstić information content (AvgIpc) is 2.12. The Morgan fingerprint density at radius 2 is 1.50 bits per heavy atom. The number of carbonyl (C=O) groups excluding carboxylic acids is 2. The first-order valence-electron chi connectivity index (χ1n) is 3.24. The molecule has 0 amide bonds. The van der Waals surface area contributed by atoms with Crippen molar-refractivity contribution in [2.24, 2.45) is 0 Å². The average molecular weight is 369 g/mol. The van der Waals surface area contributed by atoms with Crippen LogP contribution in [0.5, 0.6) is 0 Å². The zero-order valence-corrected chi connectivity index (χ0v) is 12.2. The molecule has 0 spiro atoms. The van der Waals surface area contributed by atoms with E-state index < -0.39 is 30.6 Å². The minimum atomic E-state index is -2.42. The van der Waals surface area contributed by atoms with Crippen molar-refractivity contribution in [2.45, 2.75) is 9.17 Å². The highest BCUT2D eigenvalue weighted by Crippen LogP contribution is 2.38. The monoisotopic (exact) mass is 366 g/mol. The van der Waals surface area contributed by atoms with Crippen LogP contribution in [-0.4, -0.2) is 20.4 Å². The molecule has 0 saturated carbocycles. The molecule has 16 heavy (non-hydrogen) atoms. The Morgan fingerprint density at radius 3 is 1.75 bits per heavy atom. The topological polar surface area (TPSA) is 43.4 Å². The fraction of sp³-hybridized carbons (Fsp3) is 0.333. The summed E-state index contributed by atoms with van der Waals surface area (Å²) in [7, 11) is 0. The third-order valence-corrected chi connectivity index (χ3v) is 2.95. The highest BCUT2D eigenvalue weighted by atomic mass is 35.5. The van der Waals surface area contributed by atoms with Gasteiger partial charge in [0.1, 0.15) is 4.49 Å². The van der Waals surface area contributed by atoms with Crippen LogP contribution in [0.15, 0.2) is 10.3 Å². The van der Waals surface area contributed by atoms with E-state index in [9.17, 15) is 9.59 Å². The maximum Gasteiger partial charge on any atom is 0.344 e. The SMILES string of the molecule is O=C(OC(=C(Cl)Cl)C(Cl)(Cl)C(=O)Cl)C(Cl)Cl. The number of hydrogen-bond acceptors (Lipinski definition) is 3. The van der Waals surface area contributed by atoms with E-state index >= 15 is 0 Å². The lowest BCUT2D eigenvalue weighted by molar-refractivity contribution is -0.137. The first-order chi connectivity index (χ1) is 7.10. The Labute approximate surface area is 125 Å². The molecule has 0 radical (unpaired) electrons. The molecular weight excluding hydrogens is 368 g/mol. The molecule has 0 fully saturated rings. The summed E-state index contributed by atoms with van der Waals surface area (Å²) < 4.78 is 1.36. The third kappa shape index (κ3) is 4.65. The molecule has 0 aliphatic heterocycles. The summed E-state index contributed by atoms with van der Waals surface area (Å²) in [6, 6.07) is 0. The van der Waals surface area contributed by atoms with Crippen molar-refractivity contribution in [3.63, 3.8) is 0 Å². The standard InChI is InChI=1S/C6HCl7O3/c7-2(8)1(6(12,13)5(11)15)16-4(14)3(9)10/h3H. The molecule has 0 saturated heterocycles. The van der Waals surface area contributed by atoms with Crippen molar-refractivity contribution in [3.05, 3.63) is 10.3 Å². The molecule has 0 N–H and O–H groups in total. The van der Waals surface area contributed by atoms with E-state index in [2.05, 4.69) is 4.74 Å². The molecule has 0 aromatic heterocycles. The summed E-state index contributed by atoms with van der Waals surface area (Å²) in [6.07, 6.45) is 0.